The molecule has 0 bridgehead atoms. The maximum absolute atomic E-state index is 5.42. The van der Waals surface area contributed by atoms with Crippen molar-refractivity contribution in [3.05, 3.63) is 42.7 Å². The highest BCUT2D eigenvalue weighted by atomic mass is 16.5. The van der Waals surface area contributed by atoms with Crippen LogP contribution in [0.1, 0.15) is 6.42 Å². The Morgan fingerprint density at radius 1 is 1.00 bits per heavy atom. The van der Waals surface area contributed by atoms with E-state index in [1.54, 1.807) is 27.5 Å². The number of hydrogen-bond acceptors (Lipinski definition) is 9. The first-order valence-electron chi connectivity index (χ1n) is 10.8. The van der Waals surface area contributed by atoms with Crippen molar-refractivity contribution in [1.82, 2.24) is 19.9 Å². The highest BCUT2D eigenvalue weighted by Crippen LogP contribution is 2.40. The summed E-state index contributed by atoms with van der Waals surface area (Å²) in [5, 5.41) is 3.22. The van der Waals surface area contributed by atoms with E-state index in [2.05, 4.69) is 56.3 Å². The first-order valence-corrected chi connectivity index (χ1v) is 10.8. The second-order valence-electron chi connectivity index (χ2n) is 8.06. The number of aromatic nitrogens is 3. The molecule has 1 atom stereocenters. The van der Waals surface area contributed by atoms with E-state index < -0.39 is 0 Å². The Morgan fingerprint density at radius 2 is 1.76 bits per heavy atom. The summed E-state index contributed by atoms with van der Waals surface area (Å²) in [6, 6.07) is 10.2. The summed E-state index contributed by atoms with van der Waals surface area (Å²) in [6.07, 6.45) is 4.74. The smallest absolute Gasteiger partial charge is 0.227 e. The number of nitrogens with zero attached hydrogens (tertiary/aromatic N) is 5. The molecule has 0 saturated carbocycles. The van der Waals surface area contributed by atoms with Crippen molar-refractivity contribution >= 4 is 17.5 Å². The maximum Gasteiger partial charge on any atom is 0.227 e. The van der Waals surface area contributed by atoms with Crippen molar-refractivity contribution in [2.45, 2.75) is 12.5 Å². The van der Waals surface area contributed by atoms with E-state index in [1.165, 1.54) is 0 Å². The monoisotopic (exact) mass is 450 g/mol. The number of benzene rings is 1. The van der Waals surface area contributed by atoms with Gasteiger partial charge in [0.1, 0.15) is 5.82 Å². The first-order chi connectivity index (χ1) is 16.0. The molecule has 4 rings (SSSR count). The number of nitrogens with one attached hydrogen (secondary N) is 1. The van der Waals surface area contributed by atoms with Gasteiger partial charge in [0.2, 0.25) is 11.7 Å². The van der Waals surface area contributed by atoms with Crippen LogP contribution in [0.25, 0.3) is 11.3 Å². The van der Waals surface area contributed by atoms with Crippen molar-refractivity contribution in [1.29, 1.82) is 0 Å². The zero-order chi connectivity index (χ0) is 23.4. The van der Waals surface area contributed by atoms with E-state index in [0.29, 0.717) is 29.2 Å². The van der Waals surface area contributed by atoms with Crippen LogP contribution in [0.3, 0.4) is 0 Å². The predicted octanol–water partition coefficient (Wildman–Crippen LogP) is 3.45. The lowest BCUT2D eigenvalue weighted by Crippen LogP contribution is -2.31. The summed E-state index contributed by atoms with van der Waals surface area (Å²) in [6.45, 7) is 2.02. The molecule has 0 aliphatic carbocycles. The van der Waals surface area contributed by atoms with Gasteiger partial charge in [-0.15, -0.1) is 0 Å². The molecular formula is C24H30N6O3. The number of hydrogen-bond donors (Lipinski definition) is 1. The van der Waals surface area contributed by atoms with E-state index in [-0.39, 0.29) is 0 Å². The minimum Gasteiger partial charge on any atom is -0.493 e. The van der Waals surface area contributed by atoms with Crippen molar-refractivity contribution in [2.75, 3.05) is 58.7 Å². The lowest BCUT2D eigenvalue weighted by atomic mass is 10.2. The topological polar surface area (TPSA) is 84.9 Å². The van der Waals surface area contributed by atoms with Gasteiger partial charge in [-0.1, -0.05) is 0 Å². The van der Waals surface area contributed by atoms with Gasteiger partial charge in [-0.2, -0.15) is 0 Å². The number of anilines is 3. The highest BCUT2D eigenvalue weighted by Gasteiger charge is 2.24. The van der Waals surface area contributed by atoms with E-state index in [0.717, 1.165) is 42.3 Å². The number of rotatable bonds is 8. The summed E-state index contributed by atoms with van der Waals surface area (Å²) in [4.78, 5) is 18.3. The SMILES string of the molecule is COc1cc(Nc2nccc(-c3ccc(N4CC[C@H](N(C)C)C4)nc3)n2)cc(OC)c1OC. The van der Waals surface area contributed by atoms with Gasteiger partial charge in [0.25, 0.3) is 0 Å². The molecule has 3 aromatic rings. The molecule has 1 N–H and O–H groups in total. The number of ether oxygens (including phenoxy) is 3. The molecule has 0 amide bonds. The number of likely N-dealkylation sites (N-methyl/N-ethyl adjacent to an activating group) is 1. The standard InChI is InChI=1S/C24H30N6O3/c1-29(2)18-9-11-30(15-18)22-7-6-16(14-26-22)19-8-10-25-24(28-19)27-17-12-20(31-3)23(33-5)21(13-17)32-4/h6-8,10,12-14,18H,9,11,15H2,1-5H3,(H,25,27,28)/t18-/m0/s1. The largest absolute Gasteiger partial charge is 0.493 e. The van der Waals surface area contributed by atoms with E-state index >= 15 is 0 Å². The molecule has 1 aromatic carbocycles. The zero-order valence-corrected chi connectivity index (χ0v) is 19.7. The van der Waals surface area contributed by atoms with Gasteiger partial charge in [-0.3, -0.25) is 0 Å². The fourth-order valence-corrected chi connectivity index (χ4v) is 3.96. The van der Waals surface area contributed by atoms with Crippen LogP contribution >= 0.6 is 0 Å². The van der Waals surface area contributed by atoms with Crippen LogP contribution in [0.4, 0.5) is 17.5 Å². The summed E-state index contributed by atoms with van der Waals surface area (Å²) >= 11 is 0. The molecule has 33 heavy (non-hydrogen) atoms. The average molecular weight is 451 g/mol. The van der Waals surface area contributed by atoms with Gasteiger partial charge in [-0.05, 0) is 38.7 Å². The summed E-state index contributed by atoms with van der Waals surface area (Å²) in [5.74, 6) is 3.08. The van der Waals surface area contributed by atoms with Crippen molar-refractivity contribution in [2.24, 2.45) is 0 Å². The molecule has 1 aliphatic heterocycles. The van der Waals surface area contributed by atoms with Crippen molar-refractivity contribution in [3.63, 3.8) is 0 Å². The predicted molar refractivity (Wildman–Crippen MR) is 129 cm³/mol. The third-order valence-electron chi connectivity index (χ3n) is 5.84. The minimum atomic E-state index is 0.458. The molecule has 9 nitrogen and oxygen atoms in total. The lowest BCUT2D eigenvalue weighted by Gasteiger charge is -2.21. The Labute approximate surface area is 194 Å². The van der Waals surface area contributed by atoms with Crippen LogP contribution in [0.15, 0.2) is 42.7 Å². The van der Waals surface area contributed by atoms with Crippen LogP contribution in [0, 0.1) is 0 Å². The second-order valence-corrected chi connectivity index (χ2v) is 8.06. The van der Waals surface area contributed by atoms with E-state index in [9.17, 15) is 0 Å². The minimum absolute atomic E-state index is 0.458. The normalized spacial score (nSPS) is 15.6. The van der Waals surface area contributed by atoms with Gasteiger partial charge >= 0.3 is 0 Å². The highest BCUT2D eigenvalue weighted by molar-refractivity contribution is 5.67. The van der Waals surface area contributed by atoms with Crippen LogP contribution < -0.4 is 24.4 Å². The second kappa shape index (κ2) is 9.91. The maximum atomic E-state index is 5.42. The van der Waals surface area contributed by atoms with Crippen LogP contribution in [0.2, 0.25) is 0 Å². The quantitative estimate of drug-likeness (QED) is 0.555. The third-order valence-corrected chi connectivity index (χ3v) is 5.84. The molecule has 2 aromatic heterocycles. The van der Waals surface area contributed by atoms with Crippen molar-refractivity contribution < 1.29 is 14.2 Å². The summed E-state index contributed by atoms with van der Waals surface area (Å²) < 4.78 is 16.2. The van der Waals surface area contributed by atoms with E-state index in [4.69, 9.17) is 14.2 Å². The number of methoxy groups -OCH3 is 3. The molecule has 0 radical (unpaired) electrons. The molecule has 3 heterocycles. The fraction of sp³-hybridized carbons (Fsp3) is 0.375. The Kier molecular flexibility index (Phi) is 6.79. The van der Waals surface area contributed by atoms with Crippen LogP contribution in [-0.4, -0.2) is 74.4 Å². The summed E-state index contributed by atoms with van der Waals surface area (Å²) in [7, 11) is 8.99. The molecule has 1 aliphatic rings. The van der Waals surface area contributed by atoms with Gasteiger partial charge in [0.05, 0.1) is 27.0 Å². The molecule has 1 saturated heterocycles. The molecule has 174 valence electrons. The fourth-order valence-electron chi connectivity index (χ4n) is 3.96. The Morgan fingerprint density at radius 3 is 2.33 bits per heavy atom. The van der Waals surface area contributed by atoms with Crippen molar-refractivity contribution in [3.8, 4) is 28.5 Å². The van der Waals surface area contributed by atoms with Gasteiger partial charge in [-0.25, -0.2) is 15.0 Å². The molecular weight excluding hydrogens is 420 g/mol. The molecule has 1 fully saturated rings. The van der Waals surface area contributed by atoms with Gasteiger partial charge in [0, 0.05) is 54.9 Å². The number of pyridine rings is 1. The molecule has 0 unspecified atom stereocenters. The third kappa shape index (κ3) is 4.93. The van der Waals surface area contributed by atoms with Crippen LogP contribution in [0.5, 0.6) is 17.2 Å². The van der Waals surface area contributed by atoms with E-state index in [1.807, 2.05) is 24.4 Å². The Hall–Kier alpha value is -3.59. The lowest BCUT2D eigenvalue weighted by molar-refractivity contribution is 0.315. The zero-order valence-electron chi connectivity index (χ0n) is 19.7. The van der Waals surface area contributed by atoms with Gasteiger partial charge in [0.15, 0.2) is 11.5 Å². The Bertz CT molecular complexity index is 1060. The molecule has 9 heteroatoms. The average Bonchev–Trinajstić information content (AvgIpc) is 3.34. The molecule has 0 spiro atoms. The first kappa shape index (κ1) is 22.6. The van der Waals surface area contributed by atoms with Crippen LogP contribution in [-0.2, 0) is 0 Å². The Balaban J connectivity index is 1.52. The summed E-state index contributed by atoms with van der Waals surface area (Å²) in [5.41, 5.74) is 2.43. The van der Waals surface area contributed by atoms with Gasteiger partial charge < -0.3 is 29.3 Å².